The quantitative estimate of drug-likeness (QED) is 0.781. The van der Waals surface area contributed by atoms with E-state index in [4.69, 9.17) is 32.7 Å². The number of urea groups is 1. The van der Waals surface area contributed by atoms with Crippen molar-refractivity contribution in [2.75, 3.05) is 26.3 Å². The van der Waals surface area contributed by atoms with Gasteiger partial charge < -0.3 is 20.1 Å². The Bertz CT molecular complexity index is 783. The minimum Gasteiger partial charge on any atom is -0.486 e. The number of rotatable bonds is 6. The van der Waals surface area contributed by atoms with Crippen molar-refractivity contribution >= 4 is 29.2 Å². The molecule has 138 valence electrons. The molecule has 1 aliphatic rings. The Kier molecular flexibility index (Phi) is 6.47. The summed E-state index contributed by atoms with van der Waals surface area (Å²) in [4.78, 5) is 11.9. The smallest absolute Gasteiger partial charge is 0.314 e. The van der Waals surface area contributed by atoms with Crippen LogP contribution in [0, 0.1) is 0 Å². The van der Waals surface area contributed by atoms with Gasteiger partial charge in [0.1, 0.15) is 13.2 Å². The van der Waals surface area contributed by atoms with Gasteiger partial charge in [0, 0.05) is 23.1 Å². The molecule has 0 aliphatic carbocycles. The van der Waals surface area contributed by atoms with E-state index in [1.165, 1.54) is 0 Å². The molecule has 2 aromatic carbocycles. The van der Waals surface area contributed by atoms with Crippen molar-refractivity contribution in [3.05, 3.63) is 57.6 Å². The number of benzene rings is 2. The van der Waals surface area contributed by atoms with Crippen LogP contribution in [0.25, 0.3) is 0 Å². The van der Waals surface area contributed by atoms with Crippen molar-refractivity contribution in [3.63, 3.8) is 0 Å². The number of carbonyl (C=O) groups excluding carboxylic acids is 1. The molecule has 2 N–H and O–H groups in total. The molecule has 2 aromatic rings. The fourth-order valence-electron chi connectivity index (χ4n) is 2.66. The van der Waals surface area contributed by atoms with Crippen LogP contribution in [0.5, 0.6) is 11.5 Å². The second-order valence-electron chi connectivity index (χ2n) is 5.90. The SMILES string of the molecule is O=C(NCCc1ccc2c(c1)OCCO2)NCCc1ccc(Cl)cc1Cl. The molecule has 0 aromatic heterocycles. The zero-order valence-corrected chi connectivity index (χ0v) is 15.7. The lowest BCUT2D eigenvalue weighted by Gasteiger charge is -2.18. The third-order valence-corrected chi connectivity index (χ3v) is 4.59. The van der Waals surface area contributed by atoms with Crippen LogP contribution in [0.2, 0.25) is 10.0 Å². The van der Waals surface area contributed by atoms with E-state index in [0.29, 0.717) is 49.2 Å². The summed E-state index contributed by atoms with van der Waals surface area (Å²) < 4.78 is 11.1. The Morgan fingerprint density at radius 3 is 2.42 bits per heavy atom. The van der Waals surface area contributed by atoms with Gasteiger partial charge in [-0.15, -0.1) is 0 Å². The van der Waals surface area contributed by atoms with E-state index in [1.54, 1.807) is 12.1 Å². The zero-order valence-electron chi connectivity index (χ0n) is 14.2. The van der Waals surface area contributed by atoms with Crippen LogP contribution < -0.4 is 20.1 Å². The van der Waals surface area contributed by atoms with Crippen LogP contribution in [0.3, 0.4) is 0 Å². The van der Waals surface area contributed by atoms with Crippen LogP contribution in [-0.4, -0.2) is 32.3 Å². The zero-order chi connectivity index (χ0) is 18.4. The summed E-state index contributed by atoms with van der Waals surface area (Å²) in [5.41, 5.74) is 2.04. The minimum atomic E-state index is -0.201. The molecule has 0 unspecified atom stereocenters. The van der Waals surface area contributed by atoms with Crippen LogP contribution in [0.15, 0.2) is 36.4 Å². The first-order valence-corrected chi connectivity index (χ1v) is 9.21. The normalized spacial score (nSPS) is 12.5. The van der Waals surface area contributed by atoms with Gasteiger partial charge >= 0.3 is 6.03 Å². The standard InChI is InChI=1S/C19H20Cl2N2O3/c20-15-3-2-14(16(21)12-15)6-8-23-19(24)22-7-5-13-1-4-17-18(11-13)26-10-9-25-17/h1-4,11-12H,5-10H2,(H2,22,23,24). The summed E-state index contributed by atoms with van der Waals surface area (Å²) in [6.07, 6.45) is 1.36. The molecule has 0 radical (unpaired) electrons. The molecule has 7 heteroatoms. The van der Waals surface area contributed by atoms with E-state index in [-0.39, 0.29) is 6.03 Å². The van der Waals surface area contributed by atoms with Gasteiger partial charge in [-0.2, -0.15) is 0 Å². The van der Waals surface area contributed by atoms with Gasteiger partial charge in [-0.3, -0.25) is 0 Å². The van der Waals surface area contributed by atoms with Gasteiger partial charge in [0.15, 0.2) is 11.5 Å². The van der Waals surface area contributed by atoms with E-state index in [0.717, 1.165) is 22.6 Å². The molecular formula is C19H20Cl2N2O3. The number of nitrogens with one attached hydrogen (secondary N) is 2. The summed E-state index contributed by atoms with van der Waals surface area (Å²) in [5, 5.41) is 6.88. The van der Waals surface area contributed by atoms with Gasteiger partial charge in [-0.05, 0) is 48.2 Å². The molecule has 0 spiro atoms. The van der Waals surface area contributed by atoms with Crippen molar-refractivity contribution < 1.29 is 14.3 Å². The minimum absolute atomic E-state index is 0.201. The van der Waals surface area contributed by atoms with Crippen LogP contribution in [-0.2, 0) is 12.8 Å². The van der Waals surface area contributed by atoms with Crippen LogP contribution >= 0.6 is 23.2 Å². The van der Waals surface area contributed by atoms with Crippen molar-refractivity contribution in [1.29, 1.82) is 0 Å². The number of hydrogen-bond donors (Lipinski definition) is 2. The predicted octanol–water partition coefficient (Wildman–Crippen LogP) is 3.85. The Morgan fingerprint density at radius 1 is 0.923 bits per heavy atom. The molecule has 0 saturated carbocycles. The van der Waals surface area contributed by atoms with E-state index in [9.17, 15) is 4.79 Å². The molecule has 26 heavy (non-hydrogen) atoms. The molecule has 1 heterocycles. The highest BCUT2D eigenvalue weighted by atomic mass is 35.5. The third-order valence-electron chi connectivity index (χ3n) is 4.00. The number of carbonyl (C=O) groups is 1. The van der Waals surface area contributed by atoms with E-state index < -0.39 is 0 Å². The van der Waals surface area contributed by atoms with Gasteiger partial charge in [-0.25, -0.2) is 4.79 Å². The Morgan fingerprint density at radius 2 is 1.65 bits per heavy atom. The van der Waals surface area contributed by atoms with E-state index >= 15 is 0 Å². The molecule has 3 rings (SSSR count). The average molecular weight is 395 g/mol. The number of ether oxygens (including phenoxy) is 2. The Balaban J connectivity index is 1.37. The largest absolute Gasteiger partial charge is 0.486 e. The monoisotopic (exact) mass is 394 g/mol. The molecule has 0 atom stereocenters. The average Bonchev–Trinajstić information content (AvgIpc) is 2.63. The first-order chi connectivity index (χ1) is 12.6. The highest BCUT2D eigenvalue weighted by molar-refractivity contribution is 6.35. The van der Waals surface area contributed by atoms with Crippen molar-refractivity contribution in [1.82, 2.24) is 10.6 Å². The molecule has 2 amide bonds. The Hall–Kier alpha value is -2.11. The van der Waals surface area contributed by atoms with E-state index in [2.05, 4.69) is 10.6 Å². The number of amides is 2. The van der Waals surface area contributed by atoms with Gasteiger partial charge in [0.2, 0.25) is 0 Å². The fraction of sp³-hybridized carbons (Fsp3) is 0.316. The number of fused-ring (bicyclic) bond motifs is 1. The maximum Gasteiger partial charge on any atom is 0.314 e. The molecule has 0 fully saturated rings. The fourth-order valence-corrected chi connectivity index (χ4v) is 3.16. The van der Waals surface area contributed by atoms with Crippen molar-refractivity contribution in [2.45, 2.75) is 12.8 Å². The lowest BCUT2D eigenvalue weighted by molar-refractivity contribution is 0.171. The first-order valence-electron chi connectivity index (χ1n) is 8.46. The number of halogens is 2. The molecule has 5 nitrogen and oxygen atoms in total. The van der Waals surface area contributed by atoms with Gasteiger partial charge in [-0.1, -0.05) is 35.3 Å². The predicted molar refractivity (Wildman–Crippen MR) is 103 cm³/mol. The first kappa shape index (κ1) is 18.7. The van der Waals surface area contributed by atoms with Crippen LogP contribution in [0.4, 0.5) is 4.79 Å². The third kappa shape index (κ3) is 5.19. The summed E-state index contributed by atoms with van der Waals surface area (Å²) in [7, 11) is 0. The lowest BCUT2D eigenvalue weighted by Crippen LogP contribution is -2.37. The van der Waals surface area contributed by atoms with Crippen molar-refractivity contribution in [3.8, 4) is 11.5 Å². The van der Waals surface area contributed by atoms with Crippen molar-refractivity contribution in [2.24, 2.45) is 0 Å². The summed E-state index contributed by atoms with van der Waals surface area (Å²) in [5.74, 6) is 1.53. The van der Waals surface area contributed by atoms with Gasteiger partial charge in [0.25, 0.3) is 0 Å². The topological polar surface area (TPSA) is 59.6 Å². The molecule has 0 saturated heterocycles. The highest BCUT2D eigenvalue weighted by Gasteiger charge is 2.11. The summed E-state index contributed by atoms with van der Waals surface area (Å²) in [6, 6.07) is 11.0. The number of hydrogen-bond acceptors (Lipinski definition) is 3. The molecule has 1 aliphatic heterocycles. The second kappa shape index (κ2) is 9.01. The van der Waals surface area contributed by atoms with Crippen LogP contribution in [0.1, 0.15) is 11.1 Å². The maximum atomic E-state index is 11.9. The lowest BCUT2D eigenvalue weighted by atomic mass is 10.1. The van der Waals surface area contributed by atoms with Gasteiger partial charge in [0.05, 0.1) is 0 Å². The Labute approximate surface area is 162 Å². The van der Waals surface area contributed by atoms with E-state index in [1.807, 2.05) is 24.3 Å². The molecular weight excluding hydrogens is 375 g/mol. The molecule has 0 bridgehead atoms. The highest BCUT2D eigenvalue weighted by Crippen LogP contribution is 2.30. The summed E-state index contributed by atoms with van der Waals surface area (Å²) >= 11 is 12.0. The second-order valence-corrected chi connectivity index (χ2v) is 6.74. The maximum absolute atomic E-state index is 11.9. The summed E-state index contributed by atoms with van der Waals surface area (Å²) in [6.45, 7) is 2.18.